The standard InChI is InChI=1S/C12H9BrClFOS/c1-6-7(5-10(13)17-6)12(16)11-8(14)3-2-4-9(11)15/h2-5,12,16H,1H3. The van der Waals surface area contributed by atoms with Gasteiger partial charge >= 0.3 is 0 Å². The van der Waals surface area contributed by atoms with Crippen LogP contribution in [0.15, 0.2) is 28.1 Å². The van der Waals surface area contributed by atoms with E-state index in [1.54, 1.807) is 12.1 Å². The van der Waals surface area contributed by atoms with Gasteiger partial charge in [0.25, 0.3) is 0 Å². The van der Waals surface area contributed by atoms with Crippen LogP contribution in [-0.4, -0.2) is 5.11 Å². The summed E-state index contributed by atoms with van der Waals surface area (Å²) in [5.41, 5.74) is 0.802. The number of benzene rings is 1. The molecule has 5 heteroatoms. The number of thiophene rings is 1. The van der Waals surface area contributed by atoms with Gasteiger partial charge in [0.15, 0.2) is 0 Å². The molecule has 0 aliphatic carbocycles. The van der Waals surface area contributed by atoms with Crippen molar-refractivity contribution in [2.24, 2.45) is 0 Å². The first-order chi connectivity index (χ1) is 8.00. The number of rotatable bonds is 2. The highest BCUT2D eigenvalue weighted by molar-refractivity contribution is 9.11. The largest absolute Gasteiger partial charge is 0.383 e. The molecule has 0 amide bonds. The molecule has 0 spiro atoms. The maximum absolute atomic E-state index is 13.7. The highest BCUT2D eigenvalue weighted by Gasteiger charge is 2.21. The Kier molecular flexibility index (Phi) is 3.88. The molecule has 1 aromatic heterocycles. The Bertz CT molecular complexity index is 535. The van der Waals surface area contributed by atoms with Gasteiger partial charge in [-0.15, -0.1) is 11.3 Å². The van der Waals surface area contributed by atoms with Crippen molar-refractivity contribution < 1.29 is 9.50 Å². The van der Waals surface area contributed by atoms with E-state index in [4.69, 9.17) is 11.6 Å². The fourth-order valence-electron chi connectivity index (χ4n) is 1.66. The quantitative estimate of drug-likeness (QED) is 0.844. The summed E-state index contributed by atoms with van der Waals surface area (Å²) in [6.07, 6.45) is -1.04. The van der Waals surface area contributed by atoms with Crippen molar-refractivity contribution in [2.75, 3.05) is 0 Å². The Morgan fingerprint density at radius 2 is 2.18 bits per heavy atom. The second-order valence-corrected chi connectivity index (χ2v) is 6.64. The Hall–Kier alpha value is -0.420. The van der Waals surface area contributed by atoms with Crippen molar-refractivity contribution in [3.63, 3.8) is 0 Å². The van der Waals surface area contributed by atoms with Gasteiger partial charge in [0, 0.05) is 15.5 Å². The molecule has 0 fully saturated rings. The zero-order chi connectivity index (χ0) is 12.6. The van der Waals surface area contributed by atoms with E-state index in [-0.39, 0.29) is 10.6 Å². The molecule has 0 saturated heterocycles. The molecule has 1 heterocycles. The van der Waals surface area contributed by atoms with E-state index in [2.05, 4.69) is 15.9 Å². The minimum Gasteiger partial charge on any atom is -0.383 e. The van der Waals surface area contributed by atoms with Crippen molar-refractivity contribution in [1.82, 2.24) is 0 Å². The van der Waals surface area contributed by atoms with E-state index in [1.807, 2.05) is 6.92 Å². The fraction of sp³-hybridized carbons (Fsp3) is 0.167. The predicted octanol–water partition coefficient (Wildman–Crippen LogP) is 4.69. The van der Waals surface area contributed by atoms with Crippen LogP contribution in [0.25, 0.3) is 0 Å². The molecule has 1 atom stereocenters. The first-order valence-corrected chi connectivity index (χ1v) is 6.87. The van der Waals surface area contributed by atoms with Crippen LogP contribution in [0, 0.1) is 12.7 Å². The number of halogens is 3. The van der Waals surface area contributed by atoms with Crippen molar-refractivity contribution >= 4 is 38.9 Å². The first-order valence-electron chi connectivity index (χ1n) is 4.88. The van der Waals surface area contributed by atoms with Gasteiger partial charge < -0.3 is 5.11 Å². The van der Waals surface area contributed by atoms with E-state index in [9.17, 15) is 9.50 Å². The second kappa shape index (κ2) is 5.06. The van der Waals surface area contributed by atoms with Crippen molar-refractivity contribution in [2.45, 2.75) is 13.0 Å². The van der Waals surface area contributed by atoms with Gasteiger partial charge in [-0.05, 0) is 46.6 Å². The SMILES string of the molecule is Cc1sc(Br)cc1C(O)c1c(F)cccc1Cl. The minimum absolute atomic E-state index is 0.127. The molecule has 0 bridgehead atoms. The van der Waals surface area contributed by atoms with E-state index < -0.39 is 11.9 Å². The van der Waals surface area contributed by atoms with Gasteiger partial charge in [-0.2, -0.15) is 0 Å². The third-order valence-electron chi connectivity index (χ3n) is 2.49. The third-order valence-corrected chi connectivity index (χ3v) is 4.39. The van der Waals surface area contributed by atoms with Crippen LogP contribution in [0.3, 0.4) is 0 Å². The zero-order valence-electron chi connectivity index (χ0n) is 8.88. The molecular formula is C12H9BrClFOS. The van der Waals surface area contributed by atoms with Gasteiger partial charge in [0.05, 0.1) is 3.79 Å². The molecule has 1 N–H and O–H groups in total. The number of hydrogen-bond donors (Lipinski definition) is 1. The number of aliphatic hydroxyl groups excluding tert-OH is 1. The highest BCUT2D eigenvalue weighted by Crippen LogP contribution is 2.36. The Morgan fingerprint density at radius 3 is 2.71 bits per heavy atom. The molecule has 1 aromatic carbocycles. The van der Waals surface area contributed by atoms with Gasteiger partial charge in [0.2, 0.25) is 0 Å². The predicted molar refractivity (Wildman–Crippen MR) is 72.2 cm³/mol. The fourth-order valence-corrected chi connectivity index (χ4v) is 3.67. The summed E-state index contributed by atoms with van der Waals surface area (Å²) in [5.74, 6) is -0.494. The lowest BCUT2D eigenvalue weighted by atomic mass is 10.0. The van der Waals surface area contributed by atoms with Gasteiger partial charge in [0.1, 0.15) is 11.9 Å². The lowest BCUT2D eigenvalue weighted by Crippen LogP contribution is -2.03. The Labute approximate surface area is 116 Å². The summed E-state index contributed by atoms with van der Waals surface area (Å²) in [4.78, 5) is 0.934. The van der Waals surface area contributed by atoms with Crippen LogP contribution in [0.2, 0.25) is 5.02 Å². The summed E-state index contributed by atoms with van der Waals surface area (Å²) < 4.78 is 14.6. The lowest BCUT2D eigenvalue weighted by molar-refractivity contribution is 0.215. The summed E-state index contributed by atoms with van der Waals surface area (Å²) in [6, 6.07) is 6.17. The average Bonchev–Trinajstić information content (AvgIpc) is 2.57. The molecule has 2 rings (SSSR count). The van der Waals surface area contributed by atoms with Crippen LogP contribution in [0.4, 0.5) is 4.39 Å². The monoisotopic (exact) mass is 334 g/mol. The molecule has 0 radical (unpaired) electrons. The molecule has 0 aliphatic heterocycles. The van der Waals surface area contributed by atoms with Gasteiger partial charge in [-0.1, -0.05) is 17.7 Å². The third kappa shape index (κ3) is 2.55. The maximum Gasteiger partial charge on any atom is 0.130 e. The van der Waals surface area contributed by atoms with Crippen LogP contribution < -0.4 is 0 Å². The minimum atomic E-state index is -1.04. The molecule has 0 saturated carbocycles. The van der Waals surface area contributed by atoms with Crippen molar-refractivity contribution in [1.29, 1.82) is 0 Å². The van der Waals surface area contributed by atoms with E-state index in [0.29, 0.717) is 5.56 Å². The smallest absolute Gasteiger partial charge is 0.130 e. The number of aliphatic hydroxyl groups is 1. The molecule has 17 heavy (non-hydrogen) atoms. The maximum atomic E-state index is 13.7. The van der Waals surface area contributed by atoms with Crippen LogP contribution in [0.1, 0.15) is 22.1 Å². The molecule has 1 unspecified atom stereocenters. The first kappa shape index (κ1) is 13.0. The molecule has 0 aliphatic rings. The van der Waals surface area contributed by atoms with Crippen molar-refractivity contribution in [3.8, 4) is 0 Å². The van der Waals surface area contributed by atoms with Crippen molar-refractivity contribution in [3.05, 3.63) is 54.9 Å². The molecule has 2 aromatic rings. The molecule has 1 nitrogen and oxygen atoms in total. The summed E-state index contributed by atoms with van der Waals surface area (Å²) in [7, 11) is 0. The van der Waals surface area contributed by atoms with E-state index in [1.165, 1.54) is 23.5 Å². The lowest BCUT2D eigenvalue weighted by Gasteiger charge is -2.13. The van der Waals surface area contributed by atoms with Crippen LogP contribution in [0.5, 0.6) is 0 Å². The highest BCUT2D eigenvalue weighted by atomic mass is 79.9. The average molecular weight is 336 g/mol. The van der Waals surface area contributed by atoms with E-state index >= 15 is 0 Å². The number of hydrogen-bond acceptors (Lipinski definition) is 2. The molecule has 90 valence electrons. The Morgan fingerprint density at radius 1 is 1.47 bits per heavy atom. The number of aryl methyl sites for hydroxylation is 1. The van der Waals surface area contributed by atoms with Crippen LogP contribution in [-0.2, 0) is 0 Å². The normalized spacial score (nSPS) is 12.8. The zero-order valence-corrected chi connectivity index (χ0v) is 12.0. The van der Waals surface area contributed by atoms with E-state index in [0.717, 1.165) is 8.66 Å². The van der Waals surface area contributed by atoms with Gasteiger partial charge in [-0.25, -0.2) is 4.39 Å². The van der Waals surface area contributed by atoms with Crippen LogP contribution >= 0.6 is 38.9 Å². The summed E-state index contributed by atoms with van der Waals surface area (Å²) >= 11 is 10.8. The van der Waals surface area contributed by atoms with Gasteiger partial charge in [-0.3, -0.25) is 0 Å². The summed E-state index contributed by atoms with van der Waals surface area (Å²) in [6.45, 7) is 1.88. The molecular weight excluding hydrogens is 327 g/mol. The second-order valence-electron chi connectivity index (χ2n) is 3.60. The topological polar surface area (TPSA) is 20.2 Å². The summed E-state index contributed by atoms with van der Waals surface area (Å²) in [5, 5.41) is 10.4. The Balaban J connectivity index is 2.51.